The normalized spacial score (nSPS) is 13.5. The molecule has 0 radical (unpaired) electrons. The van der Waals surface area contributed by atoms with Crippen LogP contribution >= 0.6 is 0 Å². The molecule has 0 saturated carbocycles. The van der Waals surface area contributed by atoms with E-state index in [0.717, 1.165) is 43.8 Å². The maximum absolute atomic E-state index is 7.48. The molecule has 0 spiro atoms. The molecule has 0 atom stereocenters. The quantitative estimate of drug-likeness (QED) is 0.248. The molecule has 8 N–H and O–H groups in total. The molecule has 0 bridgehead atoms. The van der Waals surface area contributed by atoms with Crippen molar-refractivity contribution >= 4 is 11.1 Å². The predicted octanol–water partition coefficient (Wildman–Crippen LogP) is 3.71. The van der Waals surface area contributed by atoms with Crippen molar-refractivity contribution < 1.29 is 0 Å². The summed E-state index contributed by atoms with van der Waals surface area (Å²) in [6.07, 6.45) is 0. The smallest absolute Gasteiger partial charge is 0.0903 e. The fourth-order valence-electron chi connectivity index (χ4n) is 5.81. The van der Waals surface area contributed by atoms with Gasteiger partial charge in [-0.3, -0.25) is 0 Å². The third-order valence-corrected chi connectivity index (χ3v) is 7.85. The third kappa shape index (κ3) is 4.79. The number of rotatable bonds is 8. The summed E-state index contributed by atoms with van der Waals surface area (Å²) in [5.41, 5.74) is 31.8. The number of benzene rings is 5. The lowest BCUT2D eigenvalue weighted by molar-refractivity contribution is 0.677. The van der Waals surface area contributed by atoms with Gasteiger partial charge >= 0.3 is 0 Å². The van der Waals surface area contributed by atoms with Crippen molar-refractivity contribution in [1.29, 1.82) is 0 Å². The first-order valence-electron chi connectivity index (χ1n) is 13.6. The molecule has 0 saturated heterocycles. The van der Waals surface area contributed by atoms with E-state index in [1.165, 1.54) is 0 Å². The van der Waals surface area contributed by atoms with Crippen molar-refractivity contribution in [2.24, 2.45) is 22.9 Å². The van der Waals surface area contributed by atoms with E-state index in [-0.39, 0.29) is 13.1 Å². The first-order valence-corrected chi connectivity index (χ1v) is 13.6. The highest BCUT2D eigenvalue weighted by atomic mass is 14.8. The standard InChI is InChI=1S/C36H36N4/c37-25-33(35(39,27-15-5-1-6-16-27)28-17-7-2-8-18-28)31-23-13-14-24-32(31)34(26-38)36(40,29-19-9-3-10-20-29)30-21-11-4-12-22-30/h1-24H,25-26,37-40H2. The molecule has 0 aliphatic heterocycles. The SMILES string of the molecule is NCC(=c1ccccc1=C(CN)C(N)(c1ccccc1)c1ccccc1)C(N)(c1ccccc1)c1ccccc1. The van der Waals surface area contributed by atoms with Crippen LogP contribution in [0.25, 0.3) is 11.1 Å². The van der Waals surface area contributed by atoms with E-state index in [0.29, 0.717) is 0 Å². The molecule has 40 heavy (non-hydrogen) atoms. The van der Waals surface area contributed by atoms with Gasteiger partial charge in [0.05, 0.1) is 11.1 Å². The molecule has 0 unspecified atom stereocenters. The van der Waals surface area contributed by atoms with E-state index in [4.69, 9.17) is 22.9 Å². The van der Waals surface area contributed by atoms with Gasteiger partial charge in [0.25, 0.3) is 0 Å². The summed E-state index contributed by atoms with van der Waals surface area (Å²) < 4.78 is 0. The van der Waals surface area contributed by atoms with Gasteiger partial charge in [-0.05, 0) is 43.8 Å². The van der Waals surface area contributed by atoms with Crippen molar-refractivity contribution in [2.45, 2.75) is 11.1 Å². The number of nitrogens with two attached hydrogens (primary N) is 4. The summed E-state index contributed by atoms with van der Waals surface area (Å²) in [7, 11) is 0. The van der Waals surface area contributed by atoms with Crippen LogP contribution in [0.2, 0.25) is 0 Å². The second kappa shape index (κ2) is 11.8. The molecule has 0 fully saturated rings. The zero-order chi connectivity index (χ0) is 28.0. The largest absolute Gasteiger partial charge is 0.327 e. The van der Waals surface area contributed by atoms with Crippen molar-refractivity contribution in [3.8, 4) is 0 Å². The van der Waals surface area contributed by atoms with Crippen LogP contribution in [0.4, 0.5) is 0 Å². The van der Waals surface area contributed by atoms with E-state index in [1.807, 2.05) is 84.9 Å². The van der Waals surface area contributed by atoms with E-state index in [1.54, 1.807) is 0 Å². The van der Waals surface area contributed by atoms with Gasteiger partial charge in [0.15, 0.2) is 0 Å². The highest BCUT2D eigenvalue weighted by Gasteiger charge is 2.36. The Bertz CT molecular complexity index is 1460. The van der Waals surface area contributed by atoms with E-state index in [2.05, 4.69) is 60.7 Å². The topological polar surface area (TPSA) is 104 Å². The Morgan fingerprint density at radius 2 is 0.600 bits per heavy atom. The summed E-state index contributed by atoms with van der Waals surface area (Å²) in [6, 6.07) is 48.7. The lowest BCUT2D eigenvalue weighted by atomic mass is 9.74. The van der Waals surface area contributed by atoms with Crippen molar-refractivity contribution in [1.82, 2.24) is 0 Å². The molecule has 0 amide bonds. The Morgan fingerprint density at radius 1 is 0.375 bits per heavy atom. The fourth-order valence-corrected chi connectivity index (χ4v) is 5.81. The molecular formula is C36H36N4. The van der Waals surface area contributed by atoms with Crippen LogP contribution in [0.3, 0.4) is 0 Å². The summed E-state index contributed by atoms with van der Waals surface area (Å²) in [6.45, 7) is 0.479. The highest BCUT2D eigenvalue weighted by Crippen LogP contribution is 2.35. The Kier molecular flexibility index (Phi) is 8.06. The maximum Gasteiger partial charge on any atom is 0.0903 e. The monoisotopic (exact) mass is 524 g/mol. The average molecular weight is 525 g/mol. The van der Waals surface area contributed by atoms with Crippen LogP contribution in [0.5, 0.6) is 0 Å². The van der Waals surface area contributed by atoms with Gasteiger partial charge in [-0.25, -0.2) is 0 Å². The number of hydrogen-bond donors (Lipinski definition) is 4. The van der Waals surface area contributed by atoms with Gasteiger partial charge in [0.1, 0.15) is 0 Å². The molecule has 200 valence electrons. The maximum atomic E-state index is 7.48. The molecule has 0 heterocycles. The summed E-state index contributed by atoms with van der Waals surface area (Å²) >= 11 is 0. The van der Waals surface area contributed by atoms with Crippen LogP contribution in [0, 0.1) is 0 Å². The van der Waals surface area contributed by atoms with Gasteiger partial charge in [-0.15, -0.1) is 0 Å². The van der Waals surface area contributed by atoms with Crippen LogP contribution in [0.1, 0.15) is 22.3 Å². The Hall–Kier alpha value is -4.32. The molecule has 5 aromatic rings. The van der Waals surface area contributed by atoms with Gasteiger partial charge in [0.2, 0.25) is 0 Å². The van der Waals surface area contributed by atoms with Crippen molar-refractivity contribution in [3.05, 3.63) is 178 Å². The lowest BCUT2D eigenvalue weighted by Gasteiger charge is -2.35. The van der Waals surface area contributed by atoms with Crippen LogP contribution < -0.4 is 33.4 Å². The molecule has 4 heteroatoms. The zero-order valence-electron chi connectivity index (χ0n) is 22.6. The molecular weight excluding hydrogens is 488 g/mol. The molecule has 4 nitrogen and oxygen atoms in total. The second-order valence-electron chi connectivity index (χ2n) is 9.99. The Morgan fingerprint density at radius 3 is 0.825 bits per heavy atom. The summed E-state index contributed by atoms with van der Waals surface area (Å²) in [5.74, 6) is 0. The lowest BCUT2D eigenvalue weighted by Crippen LogP contribution is -2.50. The Labute approximate surface area is 236 Å². The van der Waals surface area contributed by atoms with Gasteiger partial charge in [-0.1, -0.05) is 146 Å². The minimum atomic E-state index is -0.982. The van der Waals surface area contributed by atoms with E-state index < -0.39 is 11.1 Å². The fraction of sp³-hybridized carbons (Fsp3) is 0.111. The predicted molar refractivity (Wildman–Crippen MR) is 166 cm³/mol. The number of hydrogen-bond acceptors (Lipinski definition) is 4. The minimum Gasteiger partial charge on any atom is -0.327 e. The zero-order valence-corrected chi connectivity index (χ0v) is 22.6. The molecule has 0 aliphatic carbocycles. The Balaban J connectivity index is 1.95. The molecule has 5 rings (SSSR count). The van der Waals surface area contributed by atoms with Crippen molar-refractivity contribution in [2.75, 3.05) is 13.1 Å². The minimum absolute atomic E-state index is 0.239. The summed E-state index contributed by atoms with van der Waals surface area (Å²) in [4.78, 5) is 0. The third-order valence-electron chi connectivity index (χ3n) is 7.85. The first kappa shape index (κ1) is 27.3. The van der Waals surface area contributed by atoms with Crippen molar-refractivity contribution in [3.63, 3.8) is 0 Å². The van der Waals surface area contributed by atoms with Crippen LogP contribution in [-0.4, -0.2) is 13.1 Å². The second-order valence-corrected chi connectivity index (χ2v) is 9.99. The van der Waals surface area contributed by atoms with Crippen LogP contribution in [-0.2, 0) is 11.1 Å². The van der Waals surface area contributed by atoms with E-state index in [9.17, 15) is 0 Å². The summed E-state index contributed by atoms with van der Waals surface area (Å²) in [5, 5.41) is 1.87. The van der Waals surface area contributed by atoms with E-state index >= 15 is 0 Å². The van der Waals surface area contributed by atoms with Gasteiger partial charge in [-0.2, -0.15) is 0 Å². The molecule has 0 aliphatic rings. The highest BCUT2D eigenvalue weighted by molar-refractivity contribution is 5.72. The first-order chi connectivity index (χ1) is 19.5. The van der Waals surface area contributed by atoms with Gasteiger partial charge < -0.3 is 22.9 Å². The van der Waals surface area contributed by atoms with Crippen LogP contribution in [0.15, 0.2) is 146 Å². The molecule has 5 aromatic carbocycles. The average Bonchev–Trinajstić information content (AvgIpc) is 3.04. The van der Waals surface area contributed by atoms with Gasteiger partial charge in [0, 0.05) is 13.1 Å². The molecule has 0 aromatic heterocycles.